The third-order valence-corrected chi connectivity index (χ3v) is 3.34. The number of methoxy groups -OCH3 is 1. The van der Waals surface area contributed by atoms with E-state index in [-0.39, 0.29) is 5.91 Å². The Morgan fingerprint density at radius 3 is 2.59 bits per heavy atom. The minimum Gasteiger partial charge on any atom is -0.497 e. The van der Waals surface area contributed by atoms with Gasteiger partial charge in [-0.05, 0) is 31.7 Å². The molecule has 0 bridgehead atoms. The fourth-order valence-corrected chi connectivity index (χ4v) is 2.21. The summed E-state index contributed by atoms with van der Waals surface area (Å²) >= 11 is 0. The van der Waals surface area contributed by atoms with Gasteiger partial charge in [-0.2, -0.15) is 0 Å². The molecule has 4 heteroatoms. The Labute approximate surface area is 131 Å². The van der Waals surface area contributed by atoms with E-state index in [2.05, 4.69) is 36.5 Å². The van der Waals surface area contributed by atoms with Crippen LogP contribution in [0.25, 0.3) is 0 Å². The summed E-state index contributed by atoms with van der Waals surface area (Å²) in [6, 6.07) is 15.7. The van der Waals surface area contributed by atoms with Gasteiger partial charge in [-0.15, -0.1) is 0 Å². The van der Waals surface area contributed by atoms with Crippen LogP contribution in [0.15, 0.2) is 48.5 Å². The summed E-state index contributed by atoms with van der Waals surface area (Å²) in [6.45, 7) is 3.14. The van der Waals surface area contributed by atoms with Crippen LogP contribution >= 0.6 is 0 Å². The summed E-state index contributed by atoms with van der Waals surface area (Å²) in [7, 11) is 3.54. The van der Waals surface area contributed by atoms with Crippen molar-refractivity contribution in [3.8, 4) is 5.75 Å². The maximum absolute atomic E-state index is 12.1. The van der Waals surface area contributed by atoms with E-state index in [1.165, 1.54) is 11.1 Å². The number of rotatable bonds is 6. The number of nitrogens with zero attached hydrogens (tertiary/aromatic N) is 1. The normalized spacial score (nSPS) is 10.5. The lowest BCUT2D eigenvalue weighted by atomic mass is 10.1. The molecule has 0 aliphatic rings. The molecule has 0 aliphatic heterocycles. The van der Waals surface area contributed by atoms with Crippen LogP contribution in [0.2, 0.25) is 0 Å². The Hall–Kier alpha value is -2.33. The molecule has 0 heterocycles. The van der Waals surface area contributed by atoms with Gasteiger partial charge < -0.3 is 10.1 Å². The van der Waals surface area contributed by atoms with E-state index in [1.807, 2.05) is 30.1 Å². The van der Waals surface area contributed by atoms with Gasteiger partial charge in [-0.3, -0.25) is 9.69 Å². The molecule has 0 spiro atoms. The predicted octanol–water partition coefficient (Wildman–Crippen LogP) is 3.07. The average Bonchev–Trinajstić information content (AvgIpc) is 2.49. The highest BCUT2D eigenvalue weighted by molar-refractivity contribution is 5.92. The molecule has 0 fully saturated rings. The number of carbonyl (C=O) groups excluding carboxylic acids is 1. The Kier molecular flexibility index (Phi) is 5.55. The molecular weight excluding hydrogens is 276 g/mol. The molecule has 0 saturated carbocycles. The number of hydrogen-bond acceptors (Lipinski definition) is 3. The monoisotopic (exact) mass is 298 g/mol. The van der Waals surface area contributed by atoms with E-state index in [4.69, 9.17) is 4.74 Å². The predicted molar refractivity (Wildman–Crippen MR) is 89.1 cm³/mol. The van der Waals surface area contributed by atoms with Gasteiger partial charge in [-0.25, -0.2) is 0 Å². The van der Waals surface area contributed by atoms with E-state index in [1.54, 1.807) is 13.2 Å². The second-order valence-electron chi connectivity index (χ2n) is 5.44. The third kappa shape index (κ3) is 4.90. The fraction of sp³-hybridized carbons (Fsp3) is 0.278. The van der Waals surface area contributed by atoms with Gasteiger partial charge in [0.05, 0.1) is 13.7 Å². The van der Waals surface area contributed by atoms with Crippen molar-refractivity contribution in [3.05, 3.63) is 59.7 Å². The van der Waals surface area contributed by atoms with E-state index < -0.39 is 0 Å². The van der Waals surface area contributed by atoms with Gasteiger partial charge in [0.15, 0.2) is 0 Å². The fourth-order valence-electron chi connectivity index (χ4n) is 2.21. The summed E-state index contributed by atoms with van der Waals surface area (Å²) in [5.74, 6) is 0.689. The number of ether oxygens (including phenoxy) is 1. The molecule has 0 radical (unpaired) electrons. The Bertz CT molecular complexity index is 623. The van der Waals surface area contributed by atoms with E-state index in [9.17, 15) is 4.79 Å². The van der Waals surface area contributed by atoms with Crippen molar-refractivity contribution in [1.82, 2.24) is 4.90 Å². The highest BCUT2D eigenvalue weighted by Gasteiger charge is 2.08. The molecule has 0 aliphatic carbocycles. The highest BCUT2D eigenvalue weighted by atomic mass is 16.5. The minimum atomic E-state index is -0.0390. The standard InChI is InChI=1S/C18H22N2O2/c1-14-7-9-15(10-8-14)12-20(2)13-18(21)19-16-5-4-6-17(11-16)22-3/h4-11H,12-13H2,1-3H3,(H,19,21). The molecule has 4 nitrogen and oxygen atoms in total. The molecule has 0 saturated heterocycles. The quantitative estimate of drug-likeness (QED) is 0.891. The van der Waals surface area contributed by atoms with Gasteiger partial charge >= 0.3 is 0 Å². The SMILES string of the molecule is COc1cccc(NC(=O)CN(C)Cc2ccc(C)cc2)c1. The molecule has 2 aromatic rings. The van der Waals surface area contributed by atoms with E-state index in [0.717, 1.165) is 18.0 Å². The van der Waals surface area contributed by atoms with Crippen molar-refractivity contribution in [2.75, 3.05) is 26.0 Å². The molecule has 1 amide bonds. The van der Waals surface area contributed by atoms with Crippen LogP contribution in [0.1, 0.15) is 11.1 Å². The zero-order valence-electron chi connectivity index (χ0n) is 13.3. The van der Waals surface area contributed by atoms with Crippen LogP contribution in [0.3, 0.4) is 0 Å². The van der Waals surface area contributed by atoms with Crippen molar-refractivity contribution in [3.63, 3.8) is 0 Å². The van der Waals surface area contributed by atoms with Crippen molar-refractivity contribution in [1.29, 1.82) is 0 Å². The second kappa shape index (κ2) is 7.61. The molecular formula is C18H22N2O2. The van der Waals surface area contributed by atoms with Gasteiger partial charge in [0, 0.05) is 18.3 Å². The van der Waals surface area contributed by atoms with Crippen molar-refractivity contribution in [2.45, 2.75) is 13.5 Å². The van der Waals surface area contributed by atoms with Crippen molar-refractivity contribution in [2.24, 2.45) is 0 Å². The van der Waals surface area contributed by atoms with Crippen LogP contribution in [0, 0.1) is 6.92 Å². The number of benzene rings is 2. The molecule has 0 unspecified atom stereocenters. The maximum atomic E-state index is 12.1. The van der Waals surface area contributed by atoms with Crippen LogP contribution in [0.5, 0.6) is 5.75 Å². The summed E-state index contributed by atoms with van der Waals surface area (Å²) in [5, 5.41) is 2.88. The van der Waals surface area contributed by atoms with Crippen LogP contribution < -0.4 is 10.1 Å². The molecule has 2 rings (SSSR count). The summed E-state index contributed by atoms with van der Waals surface area (Å²) < 4.78 is 5.14. The zero-order valence-corrected chi connectivity index (χ0v) is 13.3. The van der Waals surface area contributed by atoms with Gasteiger partial charge in [0.25, 0.3) is 0 Å². The first-order valence-electron chi connectivity index (χ1n) is 7.25. The topological polar surface area (TPSA) is 41.6 Å². The number of hydrogen-bond donors (Lipinski definition) is 1. The van der Waals surface area contributed by atoms with E-state index in [0.29, 0.717) is 6.54 Å². The first-order valence-corrected chi connectivity index (χ1v) is 7.25. The summed E-state index contributed by atoms with van der Waals surface area (Å²) in [6.07, 6.45) is 0. The molecule has 1 N–H and O–H groups in total. The summed E-state index contributed by atoms with van der Waals surface area (Å²) in [5.41, 5.74) is 3.18. The highest BCUT2D eigenvalue weighted by Crippen LogP contribution is 2.16. The van der Waals surface area contributed by atoms with Crippen LogP contribution in [-0.4, -0.2) is 31.5 Å². The number of carbonyl (C=O) groups is 1. The number of nitrogens with one attached hydrogen (secondary N) is 1. The molecule has 22 heavy (non-hydrogen) atoms. The van der Waals surface area contributed by atoms with Gasteiger partial charge in [0.2, 0.25) is 5.91 Å². The molecule has 0 atom stereocenters. The average molecular weight is 298 g/mol. The van der Waals surface area contributed by atoms with Crippen LogP contribution in [-0.2, 0) is 11.3 Å². The van der Waals surface area contributed by atoms with E-state index >= 15 is 0 Å². The van der Waals surface area contributed by atoms with Crippen molar-refractivity contribution < 1.29 is 9.53 Å². The molecule has 0 aromatic heterocycles. The number of likely N-dealkylation sites (N-methyl/N-ethyl adjacent to an activating group) is 1. The summed E-state index contributed by atoms with van der Waals surface area (Å²) in [4.78, 5) is 14.1. The Morgan fingerprint density at radius 1 is 1.18 bits per heavy atom. The number of aryl methyl sites for hydroxylation is 1. The maximum Gasteiger partial charge on any atom is 0.238 e. The minimum absolute atomic E-state index is 0.0390. The molecule has 116 valence electrons. The molecule has 2 aromatic carbocycles. The number of amides is 1. The third-order valence-electron chi connectivity index (χ3n) is 3.34. The van der Waals surface area contributed by atoms with Gasteiger partial charge in [0.1, 0.15) is 5.75 Å². The lowest BCUT2D eigenvalue weighted by molar-refractivity contribution is -0.117. The van der Waals surface area contributed by atoms with Crippen molar-refractivity contribution >= 4 is 11.6 Å². The smallest absolute Gasteiger partial charge is 0.238 e. The Balaban J connectivity index is 1.86. The van der Waals surface area contributed by atoms with Gasteiger partial charge in [-0.1, -0.05) is 35.9 Å². The Morgan fingerprint density at radius 2 is 1.91 bits per heavy atom. The van der Waals surface area contributed by atoms with Crippen LogP contribution in [0.4, 0.5) is 5.69 Å². The lowest BCUT2D eigenvalue weighted by Crippen LogP contribution is -2.29. The number of anilines is 1. The zero-order chi connectivity index (χ0) is 15.9. The first kappa shape index (κ1) is 16.0. The largest absolute Gasteiger partial charge is 0.497 e. The second-order valence-corrected chi connectivity index (χ2v) is 5.44. The lowest BCUT2D eigenvalue weighted by Gasteiger charge is -2.16. The first-order chi connectivity index (χ1) is 10.6.